The van der Waals surface area contributed by atoms with Crippen LogP contribution in [0.3, 0.4) is 0 Å². The first-order chi connectivity index (χ1) is 13.5. The van der Waals surface area contributed by atoms with Crippen molar-refractivity contribution in [1.29, 1.82) is 0 Å². The van der Waals surface area contributed by atoms with Crippen molar-refractivity contribution >= 4 is 45.0 Å². The summed E-state index contributed by atoms with van der Waals surface area (Å²) in [5, 5.41) is 4.32. The Labute approximate surface area is 169 Å². The number of halogens is 1. The Morgan fingerprint density at radius 3 is 2.79 bits per heavy atom. The highest BCUT2D eigenvalue weighted by Crippen LogP contribution is 2.40. The van der Waals surface area contributed by atoms with Crippen LogP contribution in [0.4, 0.5) is 4.79 Å². The van der Waals surface area contributed by atoms with Gasteiger partial charge in [0.2, 0.25) is 6.79 Å². The van der Waals surface area contributed by atoms with Gasteiger partial charge in [-0.25, -0.2) is 4.79 Å². The molecule has 0 radical (unpaired) electrons. The van der Waals surface area contributed by atoms with E-state index in [1.165, 1.54) is 16.2 Å². The summed E-state index contributed by atoms with van der Waals surface area (Å²) in [7, 11) is 0. The third-order valence-electron chi connectivity index (χ3n) is 5.13. The van der Waals surface area contributed by atoms with E-state index in [0.717, 1.165) is 15.0 Å². The number of amides is 3. The van der Waals surface area contributed by atoms with Gasteiger partial charge >= 0.3 is 6.03 Å². The Bertz CT molecular complexity index is 1140. The van der Waals surface area contributed by atoms with Gasteiger partial charge in [0.15, 0.2) is 11.5 Å². The van der Waals surface area contributed by atoms with Gasteiger partial charge in [-0.3, -0.25) is 9.69 Å². The van der Waals surface area contributed by atoms with Crippen molar-refractivity contribution in [3.05, 3.63) is 57.9 Å². The van der Waals surface area contributed by atoms with Gasteiger partial charge < -0.3 is 14.8 Å². The largest absolute Gasteiger partial charge is 0.454 e. The predicted molar refractivity (Wildman–Crippen MR) is 106 cm³/mol. The van der Waals surface area contributed by atoms with E-state index in [9.17, 15) is 9.59 Å². The molecule has 2 aliphatic heterocycles. The highest BCUT2D eigenvalue weighted by atomic mass is 35.5. The first kappa shape index (κ1) is 17.3. The molecule has 2 aromatic carbocycles. The summed E-state index contributed by atoms with van der Waals surface area (Å²) in [5.74, 6) is 0.856. The zero-order valence-electron chi connectivity index (χ0n) is 14.8. The van der Waals surface area contributed by atoms with E-state index in [0.29, 0.717) is 22.1 Å². The van der Waals surface area contributed by atoms with Crippen LogP contribution in [-0.4, -0.2) is 23.6 Å². The zero-order valence-corrected chi connectivity index (χ0v) is 16.4. The number of fused-ring (bicyclic) bond motifs is 2. The summed E-state index contributed by atoms with van der Waals surface area (Å²) in [6, 6.07) is 12.5. The number of benzene rings is 2. The Kier molecular flexibility index (Phi) is 3.79. The average Bonchev–Trinajstić information content (AvgIpc) is 3.34. The average molecular weight is 415 g/mol. The van der Waals surface area contributed by atoms with Crippen molar-refractivity contribution in [2.75, 3.05) is 6.79 Å². The van der Waals surface area contributed by atoms with Gasteiger partial charge in [-0.15, -0.1) is 11.3 Å². The second-order valence-electron chi connectivity index (χ2n) is 6.85. The fourth-order valence-electron chi connectivity index (χ4n) is 3.55. The number of urea groups is 1. The second-order valence-corrected chi connectivity index (χ2v) is 8.36. The number of hydrogen-bond acceptors (Lipinski definition) is 5. The highest BCUT2D eigenvalue weighted by Gasteiger charge is 2.49. The quantitative estimate of drug-likeness (QED) is 0.650. The molecule has 3 heterocycles. The number of rotatable bonds is 3. The molecule has 1 fully saturated rings. The molecule has 8 heteroatoms. The van der Waals surface area contributed by atoms with E-state index in [1.807, 2.05) is 24.3 Å². The molecule has 1 N–H and O–H groups in total. The van der Waals surface area contributed by atoms with E-state index < -0.39 is 11.6 Å². The summed E-state index contributed by atoms with van der Waals surface area (Å²) >= 11 is 7.98. The van der Waals surface area contributed by atoms with Gasteiger partial charge in [0.25, 0.3) is 5.91 Å². The minimum Gasteiger partial charge on any atom is -0.454 e. The van der Waals surface area contributed by atoms with Gasteiger partial charge in [-0.1, -0.05) is 35.9 Å². The van der Waals surface area contributed by atoms with E-state index in [1.54, 1.807) is 25.1 Å². The Morgan fingerprint density at radius 2 is 1.96 bits per heavy atom. The smallest absolute Gasteiger partial charge is 0.325 e. The zero-order chi connectivity index (χ0) is 19.5. The van der Waals surface area contributed by atoms with Crippen LogP contribution in [0.5, 0.6) is 11.5 Å². The molecule has 1 atom stereocenters. The normalized spacial score (nSPS) is 20.9. The molecule has 0 saturated carbocycles. The van der Waals surface area contributed by atoms with Crippen molar-refractivity contribution in [3.63, 3.8) is 0 Å². The molecule has 5 rings (SSSR count). The minimum absolute atomic E-state index is 0.128. The van der Waals surface area contributed by atoms with E-state index in [2.05, 4.69) is 5.32 Å². The molecule has 28 heavy (non-hydrogen) atoms. The number of nitrogens with one attached hydrogen (secondary N) is 1. The van der Waals surface area contributed by atoms with Gasteiger partial charge in [-0.05, 0) is 30.7 Å². The van der Waals surface area contributed by atoms with Crippen molar-refractivity contribution < 1.29 is 19.1 Å². The van der Waals surface area contributed by atoms with Crippen molar-refractivity contribution in [3.8, 4) is 11.5 Å². The molecular formula is C20H15ClN2O4S. The number of thiophene rings is 1. The number of hydrogen-bond donors (Lipinski definition) is 1. The van der Waals surface area contributed by atoms with E-state index in [-0.39, 0.29) is 19.2 Å². The monoisotopic (exact) mass is 414 g/mol. The summed E-state index contributed by atoms with van der Waals surface area (Å²) in [5.41, 5.74) is -0.540. The van der Waals surface area contributed by atoms with Crippen molar-refractivity contribution in [2.45, 2.75) is 19.0 Å². The third-order valence-corrected chi connectivity index (χ3v) is 6.83. The number of ether oxygens (including phenoxy) is 2. The van der Waals surface area contributed by atoms with Crippen LogP contribution in [0, 0.1) is 0 Å². The predicted octanol–water partition coefficient (Wildman–Crippen LogP) is 4.25. The number of nitrogens with zero attached hydrogens (tertiary/aromatic N) is 1. The SMILES string of the molecule is CC1(c2ccc3c(c2)OCO3)NC(=O)N(Cc2sc3ccccc3c2Cl)C1=O. The summed E-state index contributed by atoms with van der Waals surface area (Å²) in [6.07, 6.45) is 0. The van der Waals surface area contributed by atoms with Crippen LogP contribution in [0.1, 0.15) is 17.4 Å². The van der Waals surface area contributed by atoms with E-state index in [4.69, 9.17) is 21.1 Å². The van der Waals surface area contributed by atoms with Crippen molar-refractivity contribution in [2.24, 2.45) is 0 Å². The van der Waals surface area contributed by atoms with Crippen LogP contribution in [0.25, 0.3) is 10.1 Å². The fraction of sp³-hybridized carbons (Fsp3) is 0.200. The lowest BCUT2D eigenvalue weighted by atomic mass is 9.91. The van der Waals surface area contributed by atoms with Crippen molar-refractivity contribution in [1.82, 2.24) is 10.2 Å². The molecule has 6 nitrogen and oxygen atoms in total. The molecule has 0 spiro atoms. The van der Waals surface area contributed by atoms with Gasteiger partial charge in [0, 0.05) is 15.0 Å². The maximum Gasteiger partial charge on any atom is 0.325 e. The lowest BCUT2D eigenvalue weighted by molar-refractivity contribution is -0.131. The molecular weight excluding hydrogens is 400 g/mol. The van der Waals surface area contributed by atoms with Gasteiger partial charge in [0.1, 0.15) is 5.54 Å². The molecule has 1 saturated heterocycles. The number of imide groups is 1. The topological polar surface area (TPSA) is 67.9 Å². The lowest BCUT2D eigenvalue weighted by Crippen LogP contribution is -2.40. The molecule has 2 aliphatic rings. The summed E-state index contributed by atoms with van der Waals surface area (Å²) in [6.45, 7) is 1.96. The number of carbonyl (C=O) groups is 2. The molecule has 3 aromatic rings. The van der Waals surface area contributed by atoms with Crippen LogP contribution in [0.15, 0.2) is 42.5 Å². The Hall–Kier alpha value is -2.77. The molecule has 3 amide bonds. The molecule has 1 unspecified atom stereocenters. The van der Waals surface area contributed by atoms with Gasteiger partial charge in [-0.2, -0.15) is 0 Å². The lowest BCUT2D eigenvalue weighted by Gasteiger charge is -2.22. The second kappa shape index (κ2) is 6.12. The first-order valence-electron chi connectivity index (χ1n) is 8.67. The number of carbonyl (C=O) groups excluding carboxylic acids is 2. The molecule has 0 bridgehead atoms. The highest BCUT2D eigenvalue weighted by molar-refractivity contribution is 7.19. The molecule has 0 aliphatic carbocycles. The van der Waals surface area contributed by atoms with Crippen LogP contribution in [0.2, 0.25) is 5.02 Å². The fourth-order valence-corrected chi connectivity index (χ4v) is 5.04. The van der Waals surface area contributed by atoms with E-state index >= 15 is 0 Å². The van der Waals surface area contributed by atoms with Crippen LogP contribution in [-0.2, 0) is 16.9 Å². The maximum absolute atomic E-state index is 13.2. The third kappa shape index (κ3) is 2.47. The first-order valence-corrected chi connectivity index (χ1v) is 9.87. The summed E-state index contributed by atoms with van der Waals surface area (Å²) < 4.78 is 11.7. The summed E-state index contributed by atoms with van der Waals surface area (Å²) in [4.78, 5) is 27.8. The molecule has 142 valence electrons. The minimum atomic E-state index is -1.18. The van der Waals surface area contributed by atoms with Crippen LogP contribution < -0.4 is 14.8 Å². The Morgan fingerprint density at radius 1 is 1.18 bits per heavy atom. The van der Waals surface area contributed by atoms with Gasteiger partial charge in [0.05, 0.1) is 11.6 Å². The maximum atomic E-state index is 13.2. The van der Waals surface area contributed by atoms with Crippen LogP contribution >= 0.6 is 22.9 Å². The Balaban J connectivity index is 1.48. The standard InChI is InChI=1S/C20H15ClN2O4S/c1-20(11-6-7-13-14(8-11)27-10-26-13)18(24)23(19(25)22-20)9-16-17(21)12-4-2-3-5-15(12)28-16/h2-8H,9-10H2,1H3,(H,22,25). The molecule has 1 aromatic heterocycles.